The van der Waals surface area contributed by atoms with E-state index in [0.717, 1.165) is 49.6 Å². The summed E-state index contributed by atoms with van der Waals surface area (Å²) in [6.45, 7) is 3.84. The van der Waals surface area contributed by atoms with Crippen LogP contribution >= 0.6 is 11.3 Å². The minimum Gasteiger partial charge on any atom is -0.337 e. The predicted octanol–water partition coefficient (Wildman–Crippen LogP) is 3.09. The molecule has 0 atom stereocenters. The molecule has 2 saturated heterocycles. The Morgan fingerprint density at radius 1 is 1.24 bits per heavy atom. The minimum atomic E-state index is -0.237. The second-order valence-corrected chi connectivity index (χ2v) is 8.09. The summed E-state index contributed by atoms with van der Waals surface area (Å²) in [5.74, 6) is -0.193. The van der Waals surface area contributed by atoms with E-state index in [4.69, 9.17) is 0 Å². The van der Waals surface area contributed by atoms with E-state index in [2.05, 4.69) is 10.3 Å². The van der Waals surface area contributed by atoms with E-state index >= 15 is 0 Å². The SMILES string of the molecule is O=C(c1csc(Cc2ccc(F)cc2)n1)N1CCC2(CCNC2)CC1. The third-order valence-corrected chi connectivity index (χ3v) is 6.33. The van der Waals surface area contributed by atoms with Crippen molar-refractivity contribution in [3.63, 3.8) is 0 Å². The van der Waals surface area contributed by atoms with Crippen LogP contribution in [-0.2, 0) is 6.42 Å². The molecule has 4 rings (SSSR count). The quantitative estimate of drug-likeness (QED) is 0.916. The van der Waals surface area contributed by atoms with Crippen molar-refractivity contribution in [2.24, 2.45) is 5.41 Å². The zero-order valence-corrected chi connectivity index (χ0v) is 14.9. The van der Waals surface area contributed by atoms with Crippen LogP contribution in [-0.4, -0.2) is 42.0 Å². The molecule has 2 aromatic rings. The summed E-state index contributed by atoms with van der Waals surface area (Å²) in [5, 5.41) is 6.19. The number of halogens is 1. The monoisotopic (exact) mass is 359 g/mol. The first kappa shape index (κ1) is 16.7. The van der Waals surface area contributed by atoms with Crippen molar-refractivity contribution in [2.75, 3.05) is 26.2 Å². The van der Waals surface area contributed by atoms with Gasteiger partial charge in [0.25, 0.3) is 5.91 Å². The number of hydrogen-bond acceptors (Lipinski definition) is 4. The molecule has 1 N–H and O–H groups in total. The molecule has 2 fully saturated rings. The van der Waals surface area contributed by atoms with Gasteiger partial charge < -0.3 is 10.2 Å². The second kappa shape index (κ2) is 6.84. The largest absolute Gasteiger partial charge is 0.337 e. The van der Waals surface area contributed by atoms with Crippen LogP contribution in [0, 0.1) is 11.2 Å². The number of likely N-dealkylation sites (tertiary alicyclic amines) is 1. The number of thiazole rings is 1. The van der Waals surface area contributed by atoms with Crippen LogP contribution in [0.2, 0.25) is 0 Å². The normalized spacial score (nSPS) is 19.5. The molecule has 132 valence electrons. The lowest BCUT2D eigenvalue weighted by atomic mass is 9.78. The molecule has 1 aromatic carbocycles. The third kappa shape index (κ3) is 3.60. The van der Waals surface area contributed by atoms with Gasteiger partial charge in [0.2, 0.25) is 0 Å². The molecule has 0 saturated carbocycles. The highest BCUT2D eigenvalue weighted by molar-refractivity contribution is 7.09. The molecular formula is C19H22FN3OS. The first-order valence-electron chi connectivity index (χ1n) is 8.82. The highest BCUT2D eigenvalue weighted by Crippen LogP contribution is 2.37. The average molecular weight is 359 g/mol. The number of aromatic nitrogens is 1. The Morgan fingerprint density at radius 3 is 2.68 bits per heavy atom. The fourth-order valence-corrected chi connectivity index (χ4v) is 4.64. The number of nitrogens with one attached hydrogen (secondary N) is 1. The van der Waals surface area contributed by atoms with Gasteiger partial charge in [-0.2, -0.15) is 0 Å². The Kier molecular flexibility index (Phi) is 4.56. The van der Waals surface area contributed by atoms with Gasteiger partial charge in [-0.05, 0) is 48.9 Å². The van der Waals surface area contributed by atoms with Gasteiger partial charge in [0.1, 0.15) is 11.5 Å². The molecule has 25 heavy (non-hydrogen) atoms. The van der Waals surface area contributed by atoms with Gasteiger partial charge in [-0.3, -0.25) is 4.79 Å². The molecule has 1 spiro atoms. The van der Waals surface area contributed by atoms with E-state index in [1.807, 2.05) is 10.3 Å². The van der Waals surface area contributed by atoms with Crippen molar-refractivity contribution in [3.05, 3.63) is 51.7 Å². The highest BCUT2D eigenvalue weighted by atomic mass is 32.1. The van der Waals surface area contributed by atoms with Gasteiger partial charge in [-0.25, -0.2) is 9.37 Å². The molecule has 3 heterocycles. The molecular weight excluding hydrogens is 337 g/mol. The lowest BCUT2D eigenvalue weighted by Gasteiger charge is -2.38. The van der Waals surface area contributed by atoms with Crippen molar-refractivity contribution in [3.8, 4) is 0 Å². The molecule has 0 bridgehead atoms. The van der Waals surface area contributed by atoms with Gasteiger partial charge in [0, 0.05) is 31.4 Å². The van der Waals surface area contributed by atoms with Crippen LogP contribution in [0.4, 0.5) is 4.39 Å². The summed E-state index contributed by atoms with van der Waals surface area (Å²) in [4.78, 5) is 19.2. The van der Waals surface area contributed by atoms with Crippen LogP contribution in [0.3, 0.4) is 0 Å². The Morgan fingerprint density at radius 2 is 2.00 bits per heavy atom. The van der Waals surface area contributed by atoms with E-state index in [9.17, 15) is 9.18 Å². The fraction of sp³-hybridized carbons (Fsp3) is 0.474. The number of nitrogens with zero attached hydrogens (tertiary/aromatic N) is 2. The molecule has 6 heteroatoms. The minimum absolute atomic E-state index is 0.0439. The summed E-state index contributed by atoms with van der Waals surface area (Å²) in [7, 11) is 0. The maximum atomic E-state index is 13.0. The molecule has 0 aliphatic carbocycles. The number of carbonyl (C=O) groups excluding carboxylic acids is 1. The number of rotatable bonds is 3. The molecule has 1 amide bonds. The van der Waals surface area contributed by atoms with E-state index in [1.54, 1.807) is 12.1 Å². The maximum absolute atomic E-state index is 13.0. The zero-order chi connectivity index (χ0) is 17.3. The Bertz CT molecular complexity index is 742. The average Bonchev–Trinajstić information content (AvgIpc) is 3.27. The Balaban J connectivity index is 1.38. The van der Waals surface area contributed by atoms with Crippen molar-refractivity contribution in [1.29, 1.82) is 0 Å². The van der Waals surface area contributed by atoms with Crippen molar-refractivity contribution in [1.82, 2.24) is 15.2 Å². The van der Waals surface area contributed by atoms with Crippen LogP contribution in [0.25, 0.3) is 0 Å². The molecule has 2 aliphatic rings. The van der Waals surface area contributed by atoms with Gasteiger partial charge in [0.15, 0.2) is 0 Å². The van der Waals surface area contributed by atoms with Crippen LogP contribution in [0.1, 0.15) is 40.3 Å². The van der Waals surface area contributed by atoms with Gasteiger partial charge in [-0.15, -0.1) is 11.3 Å². The molecule has 2 aliphatic heterocycles. The van der Waals surface area contributed by atoms with E-state index in [1.165, 1.54) is 29.9 Å². The third-order valence-electron chi connectivity index (χ3n) is 5.48. The topological polar surface area (TPSA) is 45.2 Å². The summed E-state index contributed by atoms with van der Waals surface area (Å²) in [5.41, 5.74) is 1.96. The predicted molar refractivity (Wildman–Crippen MR) is 96.4 cm³/mol. The summed E-state index contributed by atoms with van der Waals surface area (Å²) in [6.07, 6.45) is 4.02. The molecule has 1 aromatic heterocycles. The molecule has 0 unspecified atom stereocenters. The number of amides is 1. The van der Waals surface area contributed by atoms with Crippen molar-refractivity contribution in [2.45, 2.75) is 25.7 Å². The van der Waals surface area contributed by atoms with Crippen molar-refractivity contribution >= 4 is 17.2 Å². The number of benzene rings is 1. The summed E-state index contributed by atoms with van der Waals surface area (Å²) >= 11 is 1.50. The smallest absolute Gasteiger partial charge is 0.273 e. The maximum Gasteiger partial charge on any atom is 0.273 e. The summed E-state index contributed by atoms with van der Waals surface area (Å²) in [6, 6.07) is 6.43. The number of carbonyl (C=O) groups is 1. The van der Waals surface area contributed by atoms with E-state index < -0.39 is 0 Å². The summed E-state index contributed by atoms with van der Waals surface area (Å²) < 4.78 is 13.0. The van der Waals surface area contributed by atoms with Gasteiger partial charge >= 0.3 is 0 Å². The molecule has 0 radical (unpaired) electrons. The first-order valence-corrected chi connectivity index (χ1v) is 9.70. The number of hydrogen-bond donors (Lipinski definition) is 1. The number of piperidine rings is 1. The standard InChI is InChI=1S/C19H22FN3OS/c20-15-3-1-14(2-4-15)11-17-22-16(12-25-17)18(24)23-9-6-19(7-10-23)5-8-21-13-19/h1-4,12,21H,5-11,13H2. The van der Waals surface area contributed by atoms with Crippen LogP contribution in [0.5, 0.6) is 0 Å². The Hall–Kier alpha value is -1.79. The van der Waals surface area contributed by atoms with Crippen LogP contribution < -0.4 is 5.32 Å². The lowest BCUT2D eigenvalue weighted by Crippen LogP contribution is -2.44. The van der Waals surface area contributed by atoms with E-state index in [0.29, 0.717) is 17.5 Å². The Labute approximate surface area is 151 Å². The molecule has 4 nitrogen and oxygen atoms in total. The van der Waals surface area contributed by atoms with Gasteiger partial charge in [0.05, 0.1) is 5.01 Å². The fourth-order valence-electron chi connectivity index (χ4n) is 3.84. The van der Waals surface area contributed by atoms with Crippen LogP contribution in [0.15, 0.2) is 29.6 Å². The lowest BCUT2D eigenvalue weighted by molar-refractivity contribution is 0.0602. The second-order valence-electron chi connectivity index (χ2n) is 7.15. The zero-order valence-electron chi connectivity index (χ0n) is 14.1. The van der Waals surface area contributed by atoms with Crippen molar-refractivity contribution < 1.29 is 9.18 Å². The van der Waals surface area contributed by atoms with Gasteiger partial charge in [-0.1, -0.05) is 12.1 Å². The first-order chi connectivity index (χ1) is 12.1. The highest BCUT2D eigenvalue weighted by Gasteiger charge is 2.38. The van der Waals surface area contributed by atoms with E-state index in [-0.39, 0.29) is 11.7 Å².